The predicted molar refractivity (Wildman–Crippen MR) is 139 cm³/mol. The maximum atomic E-state index is 12.0. The third-order valence-electron chi connectivity index (χ3n) is 5.77. The van der Waals surface area contributed by atoms with Crippen LogP contribution in [0.1, 0.15) is 19.8 Å². The summed E-state index contributed by atoms with van der Waals surface area (Å²) in [5.74, 6) is 0.650. The number of thiophene rings is 1. The number of aromatic nitrogens is 6. The van der Waals surface area contributed by atoms with Gasteiger partial charge in [0.2, 0.25) is 5.91 Å². The minimum Gasteiger partial charge on any atom is -0.337 e. The van der Waals surface area contributed by atoms with Crippen LogP contribution >= 0.6 is 11.3 Å². The van der Waals surface area contributed by atoms with Crippen molar-refractivity contribution in [3.8, 4) is 33.1 Å². The smallest absolute Gasteiger partial charge is 0.224 e. The van der Waals surface area contributed by atoms with Crippen LogP contribution in [0.2, 0.25) is 0 Å². The average molecular weight is 480 g/mol. The molecule has 0 unspecified atom stereocenters. The summed E-state index contributed by atoms with van der Waals surface area (Å²) in [5, 5.41) is 13.3. The van der Waals surface area contributed by atoms with Crippen molar-refractivity contribution in [3.05, 3.63) is 66.4 Å². The highest BCUT2D eigenvalue weighted by molar-refractivity contribution is 7.13. The number of aromatic amines is 2. The van der Waals surface area contributed by atoms with Gasteiger partial charge in [0.15, 0.2) is 11.5 Å². The predicted octanol–water partition coefficient (Wildman–Crippen LogP) is 6.03. The van der Waals surface area contributed by atoms with Gasteiger partial charge in [-0.1, -0.05) is 25.1 Å². The Morgan fingerprint density at radius 3 is 2.86 bits per heavy atom. The Kier molecular flexibility index (Phi) is 5.31. The van der Waals surface area contributed by atoms with Crippen molar-refractivity contribution in [1.82, 2.24) is 30.1 Å². The number of rotatable bonds is 6. The molecule has 0 aliphatic heterocycles. The number of carbonyl (C=O) groups excluding carboxylic acids is 1. The standard InChI is InChI=1S/C26H21N7OS/c1-2-5-22(34)29-17-10-15(12-27-14-17)16-11-19-24(32-33-25(19)28-13-16)26-30-20-7-3-6-18(23(20)31-26)21-8-4-9-35-21/h3-4,6-14H,2,5H2,1H3,(H,29,34)(H,30,31)(H,28,32,33). The van der Waals surface area contributed by atoms with E-state index in [1.165, 1.54) is 4.88 Å². The van der Waals surface area contributed by atoms with Gasteiger partial charge in [-0.15, -0.1) is 11.3 Å². The number of H-pyrrole nitrogens is 2. The van der Waals surface area contributed by atoms with Crippen LogP contribution in [0, 0.1) is 0 Å². The molecule has 0 fully saturated rings. The third kappa shape index (κ3) is 3.95. The maximum absolute atomic E-state index is 12.0. The molecule has 0 atom stereocenters. The summed E-state index contributed by atoms with van der Waals surface area (Å²) >= 11 is 1.69. The van der Waals surface area contributed by atoms with Gasteiger partial charge in [-0.2, -0.15) is 5.10 Å². The van der Waals surface area contributed by atoms with Crippen LogP contribution in [0.15, 0.2) is 66.4 Å². The molecule has 0 saturated heterocycles. The van der Waals surface area contributed by atoms with E-state index in [0.29, 0.717) is 29.3 Å². The highest BCUT2D eigenvalue weighted by Crippen LogP contribution is 2.34. The monoisotopic (exact) mass is 479 g/mol. The molecule has 6 rings (SSSR count). The minimum atomic E-state index is -0.0241. The topological polar surface area (TPSA) is 112 Å². The summed E-state index contributed by atoms with van der Waals surface area (Å²) in [7, 11) is 0. The van der Waals surface area contributed by atoms with E-state index in [4.69, 9.17) is 4.98 Å². The molecule has 5 aromatic heterocycles. The van der Waals surface area contributed by atoms with Gasteiger partial charge in [0, 0.05) is 40.4 Å². The molecule has 0 bridgehead atoms. The highest BCUT2D eigenvalue weighted by atomic mass is 32.1. The van der Waals surface area contributed by atoms with Crippen molar-refractivity contribution >= 4 is 45.0 Å². The van der Waals surface area contributed by atoms with Crippen LogP contribution in [-0.2, 0) is 4.79 Å². The van der Waals surface area contributed by atoms with Crippen molar-refractivity contribution in [2.45, 2.75) is 19.8 Å². The summed E-state index contributed by atoms with van der Waals surface area (Å²) in [6.45, 7) is 1.97. The molecule has 3 N–H and O–H groups in total. The van der Waals surface area contributed by atoms with Gasteiger partial charge < -0.3 is 10.3 Å². The van der Waals surface area contributed by atoms with Gasteiger partial charge in [-0.25, -0.2) is 9.97 Å². The normalized spacial score (nSPS) is 11.3. The molecule has 6 aromatic rings. The first-order chi connectivity index (χ1) is 17.2. The van der Waals surface area contributed by atoms with E-state index in [0.717, 1.165) is 39.5 Å². The quantitative estimate of drug-likeness (QED) is 0.270. The van der Waals surface area contributed by atoms with E-state index in [1.807, 2.05) is 37.3 Å². The SMILES string of the molecule is CCCC(=O)Nc1cncc(-c2cnc3[nH]nc(-c4nc5c(-c6cccs6)cccc5[nH]4)c3c2)c1. The third-order valence-corrected chi connectivity index (χ3v) is 6.68. The largest absolute Gasteiger partial charge is 0.337 e. The molecule has 8 nitrogen and oxygen atoms in total. The Labute approximate surface area is 204 Å². The van der Waals surface area contributed by atoms with E-state index >= 15 is 0 Å². The van der Waals surface area contributed by atoms with Crippen molar-refractivity contribution in [2.24, 2.45) is 0 Å². The van der Waals surface area contributed by atoms with Crippen LogP contribution in [0.25, 0.3) is 55.2 Å². The lowest BCUT2D eigenvalue weighted by molar-refractivity contribution is -0.116. The number of carbonyl (C=O) groups is 1. The zero-order valence-corrected chi connectivity index (χ0v) is 19.7. The first kappa shape index (κ1) is 21.2. The Hall–Kier alpha value is -4.37. The van der Waals surface area contributed by atoms with Crippen molar-refractivity contribution in [1.29, 1.82) is 0 Å². The lowest BCUT2D eigenvalue weighted by Crippen LogP contribution is -2.10. The van der Waals surface area contributed by atoms with Gasteiger partial charge in [-0.05, 0) is 36.1 Å². The second kappa shape index (κ2) is 8.77. The molecule has 0 saturated carbocycles. The minimum absolute atomic E-state index is 0.0241. The Morgan fingerprint density at radius 1 is 1.09 bits per heavy atom. The van der Waals surface area contributed by atoms with Crippen LogP contribution in [-0.4, -0.2) is 36.0 Å². The number of imidazole rings is 1. The summed E-state index contributed by atoms with van der Waals surface area (Å²) in [4.78, 5) is 30.4. The number of pyridine rings is 2. The van der Waals surface area contributed by atoms with Gasteiger partial charge in [-0.3, -0.25) is 14.9 Å². The molecule has 5 heterocycles. The van der Waals surface area contributed by atoms with Gasteiger partial charge in [0.1, 0.15) is 5.69 Å². The molecule has 1 amide bonds. The van der Waals surface area contributed by atoms with Crippen molar-refractivity contribution in [2.75, 3.05) is 5.32 Å². The molecule has 0 aliphatic rings. The summed E-state index contributed by atoms with van der Waals surface area (Å²) in [5.41, 5.74) is 6.69. The van der Waals surface area contributed by atoms with Crippen LogP contribution < -0.4 is 5.32 Å². The Balaban J connectivity index is 1.40. The van der Waals surface area contributed by atoms with Gasteiger partial charge >= 0.3 is 0 Å². The molecule has 35 heavy (non-hydrogen) atoms. The van der Waals surface area contributed by atoms with Crippen molar-refractivity contribution in [3.63, 3.8) is 0 Å². The second-order valence-corrected chi connectivity index (χ2v) is 9.16. The van der Waals surface area contributed by atoms with Crippen LogP contribution in [0.5, 0.6) is 0 Å². The van der Waals surface area contributed by atoms with Crippen LogP contribution in [0.4, 0.5) is 5.69 Å². The maximum Gasteiger partial charge on any atom is 0.224 e. The zero-order valence-electron chi connectivity index (χ0n) is 18.9. The number of para-hydroxylation sites is 1. The van der Waals surface area contributed by atoms with E-state index in [-0.39, 0.29) is 5.91 Å². The number of nitrogens with one attached hydrogen (secondary N) is 3. The highest BCUT2D eigenvalue weighted by Gasteiger charge is 2.17. The lowest BCUT2D eigenvalue weighted by atomic mass is 10.1. The molecular formula is C26H21N7OS. The lowest BCUT2D eigenvalue weighted by Gasteiger charge is -2.07. The molecule has 0 radical (unpaired) electrons. The number of amides is 1. The summed E-state index contributed by atoms with van der Waals surface area (Å²) in [6, 6.07) is 14.2. The fourth-order valence-electron chi connectivity index (χ4n) is 4.13. The average Bonchev–Trinajstić information content (AvgIpc) is 3.63. The van der Waals surface area contributed by atoms with Crippen molar-refractivity contribution < 1.29 is 4.79 Å². The fourth-order valence-corrected chi connectivity index (χ4v) is 4.89. The molecule has 1 aromatic carbocycles. The first-order valence-corrected chi connectivity index (χ1v) is 12.2. The first-order valence-electron chi connectivity index (χ1n) is 11.3. The van der Waals surface area contributed by atoms with Crippen LogP contribution in [0.3, 0.4) is 0 Å². The molecule has 9 heteroatoms. The number of fused-ring (bicyclic) bond motifs is 2. The number of hydrogen-bond donors (Lipinski definition) is 3. The summed E-state index contributed by atoms with van der Waals surface area (Å²) < 4.78 is 0. The number of anilines is 1. The molecule has 0 aliphatic carbocycles. The van der Waals surface area contributed by atoms with E-state index in [1.54, 1.807) is 29.9 Å². The summed E-state index contributed by atoms with van der Waals surface area (Å²) in [6.07, 6.45) is 6.44. The Morgan fingerprint density at radius 2 is 2.00 bits per heavy atom. The molecule has 172 valence electrons. The van der Waals surface area contributed by atoms with E-state index in [2.05, 4.69) is 48.0 Å². The van der Waals surface area contributed by atoms with Gasteiger partial charge in [0.25, 0.3) is 0 Å². The number of nitrogens with zero attached hydrogens (tertiary/aromatic N) is 4. The molecule has 0 spiro atoms. The number of hydrogen-bond acceptors (Lipinski definition) is 6. The van der Waals surface area contributed by atoms with Gasteiger partial charge in [0.05, 0.1) is 28.3 Å². The van der Waals surface area contributed by atoms with E-state index < -0.39 is 0 Å². The van der Waals surface area contributed by atoms with E-state index in [9.17, 15) is 4.79 Å². The Bertz CT molecular complexity index is 1670. The fraction of sp³-hybridized carbons (Fsp3) is 0.115. The zero-order chi connectivity index (χ0) is 23.8. The second-order valence-electron chi connectivity index (χ2n) is 8.22. The molecular weight excluding hydrogens is 458 g/mol. The number of benzene rings is 1.